The molecule has 0 aromatic carbocycles. The number of aromatic nitrogens is 3. The molecule has 2 atom stereocenters. The van der Waals surface area contributed by atoms with Crippen molar-refractivity contribution in [2.45, 2.75) is 30.1 Å². The molecule has 10 heteroatoms. The minimum atomic E-state index is -0.0571. The fourth-order valence-corrected chi connectivity index (χ4v) is 5.75. The minimum Gasteiger partial charge on any atom is -0.480 e. The van der Waals surface area contributed by atoms with Gasteiger partial charge in [0.1, 0.15) is 11.6 Å². The molecule has 172 valence electrons. The third-order valence-electron chi connectivity index (χ3n) is 6.50. The van der Waals surface area contributed by atoms with Gasteiger partial charge in [-0.25, -0.2) is 0 Å². The molecule has 0 saturated carbocycles. The highest BCUT2D eigenvalue weighted by Gasteiger charge is 2.29. The van der Waals surface area contributed by atoms with Crippen molar-refractivity contribution in [3.63, 3.8) is 0 Å². The first-order valence-corrected chi connectivity index (χ1v) is 12.2. The molecule has 3 aliphatic rings. The summed E-state index contributed by atoms with van der Waals surface area (Å²) in [5.41, 5.74) is 1.61. The van der Waals surface area contributed by atoms with E-state index in [1.807, 2.05) is 0 Å². The highest BCUT2D eigenvalue weighted by Crippen LogP contribution is 2.35. The van der Waals surface area contributed by atoms with Crippen molar-refractivity contribution in [2.24, 2.45) is 0 Å². The zero-order valence-corrected chi connectivity index (χ0v) is 18.9. The van der Waals surface area contributed by atoms with Gasteiger partial charge in [-0.05, 0) is 18.2 Å². The van der Waals surface area contributed by atoms with Crippen LogP contribution in [0.5, 0.6) is 5.75 Å². The third kappa shape index (κ3) is 3.97. The largest absolute Gasteiger partial charge is 0.480 e. The van der Waals surface area contributed by atoms with Gasteiger partial charge in [0.05, 0.1) is 35.5 Å². The second-order valence-corrected chi connectivity index (χ2v) is 9.63. The molecule has 9 nitrogen and oxygen atoms in total. The lowest BCUT2D eigenvalue weighted by Crippen LogP contribution is -2.48. The molecule has 6 heterocycles. The number of ether oxygens (including phenoxy) is 2. The van der Waals surface area contributed by atoms with Crippen LogP contribution in [0.25, 0.3) is 11.0 Å². The van der Waals surface area contributed by atoms with Crippen LogP contribution in [0.15, 0.2) is 51.0 Å². The number of rotatable bonds is 6. The topological polar surface area (TPSA) is 90.6 Å². The van der Waals surface area contributed by atoms with Crippen molar-refractivity contribution >= 4 is 22.8 Å². The first-order valence-electron chi connectivity index (χ1n) is 11.2. The van der Waals surface area contributed by atoms with Crippen molar-refractivity contribution < 1.29 is 9.47 Å². The van der Waals surface area contributed by atoms with Gasteiger partial charge in [-0.15, -0.1) is 0 Å². The molecule has 0 bridgehead atoms. The van der Waals surface area contributed by atoms with Crippen LogP contribution >= 0.6 is 11.8 Å². The number of hydrogen-bond acceptors (Lipinski definition) is 8. The fraction of sp³-hybridized carbons (Fsp3) is 0.435. The number of nitrogens with zero attached hydrogens (tertiary/aromatic N) is 4. The highest BCUT2D eigenvalue weighted by molar-refractivity contribution is 7.99. The highest BCUT2D eigenvalue weighted by atomic mass is 32.2. The molecule has 0 spiro atoms. The second kappa shape index (κ2) is 8.60. The molecule has 3 aromatic rings. The molecule has 6 rings (SSSR count). The van der Waals surface area contributed by atoms with Gasteiger partial charge in [0.15, 0.2) is 5.75 Å². The van der Waals surface area contributed by atoms with Crippen LogP contribution in [0.2, 0.25) is 0 Å². The summed E-state index contributed by atoms with van der Waals surface area (Å²) >= 11 is 1.69. The number of fused-ring (bicyclic) bond motifs is 1. The summed E-state index contributed by atoms with van der Waals surface area (Å²) in [6, 6.07) is 8.79. The van der Waals surface area contributed by atoms with E-state index in [1.165, 1.54) is 0 Å². The van der Waals surface area contributed by atoms with Crippen LogP contribution in [-0.4, -0.2) is 63.8 Å². The molecule has 1 fully saturated rings. The molecular weight excluding hydrogens is 442 g/mol. The zero-order chi connectivity index (χ0) is 22.4. The number of nitrogens with one attached hydrogen (secondary N) is 1. The molecule has 3 aliphatic heterocycles. The summed E-state index contributed by atoms with van der Waals surface area (Å²) in [5.74, 6) is 1.52. The Bertz CT molecular complexity index is 1320. The Morgan fingerprint density at radius 1 is 1.15 bits per heavy atom. The first-order chi connectivity index (χ1) is 16.2. The smallest absolute Gasteiger partial charge is 0.252 e. The lowest BCUT2D eigenvalue weighted by molar-refractivity contribution is -0.0311. The lowest BCUT2D eigenvalue weighted by atomic mass is 10.2. The summed E-state index contributed by atoms with van der Waals surface area (Å²) < 4.78 is 15.0. The molecular formula is C23H25N5O4S. The van der Waals surface area contributed by atoms with Crippen molar-refractivity contribution in [3.8, 4) is 5.75 Å². The average molecular weight is 468 g/mol. The van der Waals surface area contributed by atoms with Crippen LogP contribution < -0.4 is 21.2 Å². The SMILES string of the molecule is O=c1ccc2ccc(=O)n3c2n1CC3CN1CCOC(CNCc2cc3c(cn2)OCS3)C1. The summed E-state index contributed by atoms with van der Waals surface area (Å²) in [5, 5.41) is 4.38. The van der Waals surface area contributed by atoms with E-state index < -0.39 is 0 Å². The molecule has 0 amide bonds. The molecule has 2 unspecified atom stereocenters. The predicted molar refractivity (Wildman–Crippen MR) is 125 cm³/mol. The first kappa shape index (κ1) is 20.9. The van der Waals surface area contributed by atoms with Gasteiger partial charge in [-0.2, -0.15) is 0 Å². The summed E-state index contributed by atoms with van der Waals surface area (Å²) in [6.07, 6.45) is 1.85. The van der Waals surface area contributed by atoms with Gasteiger partial charge in [0, 0.05) is 56.8 Å². The Hall–Kier alpha value is -2.66. The Morgan fingerprint density at radius 2 is 2.03 bits per heavy atom. The van der Waals surface area contributed by atoms with Crippen molar-refractivity contribution in [3.05, 3.63) is 62.9 Å². The van der Waals surface area contributed by atoms with Crippen LogP contribution in [0.4, 0.5) is 0 Å². The van der Waals surface area contributed by atoms with E-state index in [0.29, 0.717) is 32.2 Å². The van der Waals surface area contributed by atoms with Gasteiger partial charge >= 0.3 is 0 Å². The van der Waals surface area contributed by atoms with Gasteiger partial charge in [-0.1, -0.05) is 11.8 Å². The number of hydrogen-bond donors (Lipinski definition) is 1. The number of thioether (sulfide) groups is 1. The standard InChI is InChI=1S/C23H25N5O4S/c29-21-3-1-15-2-4-22(30)28-17(12-27(21)23(15)28)11-26-5-6-31-18(13-26)9-24-8-16-7-20-19(10-25-16)32-14-33-20/h1-4,7,10,17-18,24H,5-6,8-9,11-14H2. The molecule has 0 radical (unpaired) electrons. The van der Waals surface area contributed by atoms with Crippen LogP contribution in [0.1, 0.15) is 11.7 Å². The quantitative estimate of drug-likeness (QED) is 0.575. The Kier molecular flexibility index (Phi) is 5.45. The maximum absolute atomic E-state index is 12.7. The molecule has 1 N–H and O–H groups in total. The summed E-state index contributed by atoms with van der Waals surface area (Å²) in [6.45, 7) is 4.87. The van der Waals surface area contributed by atoms with E-state index in [-0.39, 0.29) is 23.3 Å². The van der Waals surface area contributed by atoms with Gasteiger partial charge in [0.2, 0.25) is 0 Å². The summed E-state index contributed by atoms with van der Waals surface area (Å²) in [4.78, 5) is 33.0. The van der Waals surface area contributed by atoms with Gasteiger partial charge in [0.25, 0.3) is 11.1 Å². The van der Waals surface area contributed by atoms with Gasteiger partial charge < -0.3 is 14.8 Å². The fourth-order valence-electron chi connectivity index (χ4n) is 4.96. The van der Waals surface area contributed by atoms with Crippen LogP contribution in [0.3, 0.4) is 0 Å². The number of pyridine rings is 3. The van der Waals surface area contributed by atoms with Gasteiger partial charge in [-0.3, -0.25) is 28.6 Å². The van der Waals surface area contributed by atoms with E-state index in [9.17, 15) is 9.59 Å². The molecule has 1 saturated heterocycles. The maximum atomic E-state index is 12.7. The summed E-state index contributed by atoms with van der Waals surface area (Å²) in [7, 11) is 0. The molecule has 0 aliphatic carbocycles. The van der Waals surface area contributed by atoms with Crippen molar-refractivity contribution in [1.29, 1.82) is 0 Å². The predicted octanol–water partition coefficient (Wildman–Crippen LogP) is 1.05. The van der Waals surface area contributed by atoms with Crippen molar-refractivity contribution in [2.75, 3.05) is 38.7 Å². The van der Waals surface area contributed by atoms with E-state index >= 15 is 0 Å². The molecule has 3 aromatic heterocycles. The average Bonchev–Trinajstić information content (AvgIpc) is 3.44. The van der Waals surface area contributed by atoms with E-state index in [2.05, 4.69) is 21.3 Å². The zero-order valence-electron chi connectivity index (χ0n) is 18.1. The Labute approximate surface area is 194 Å². The van der Waals surface area contributed by atoms with E-state index in [4.69, 9.17) is 9.47 Å². The minimum absolute atomic E-state index is 0.0544. The number of morpholine rings is 1. The monoisotopic (exact) mass is 467 g/mol. The van der Waals surface area contributed by atoms with E-state index in [0.717, 1.165) is 47.0 Å². The normalized spacial score (nSPS) is 21.9. The second-order valence-electron chi connectivity index (χ2n) is 8.67. The van der Waals surface area contributed by atoms with E-state index in [1.54, 1.807) is 51.4 Å². The Balaban J connectivity index is 1.09. The Morgan fingerprint density at radius 3 is 2.94 bits per heavy atom. The lowest BCUT2D eigenvalue weighted by Gasteiger charge is -2.34. The third-order valence-corrected chi connectivity index (χ3v) is 7.37. The molecule has 33 heavy (non-hydrogen) atoms. The van der Waals surface area contributed by atoms with Crippen LogP contribution in [0, 0.1) is 0 Å². The van der Waals surface area contributed by atoms with Crippen molar-refractivity contribution in [1.82, 2.24) is 24.3 Å². The maximum Gasteiger partial charge on any atom is 0.252 e. The van der Waals surface area contributed by atoms with Crippen LogP contribution in [-0.2, 0) is 17.8 Å².